The molecule has 0 heterocycles. The number of hydrogen-bond acceptors (Lipinski definition) is 5. The van der Waals surface area contributed by atoms with Crippen LogP contribution in [0.15, 0.2) is 48.5 Å². The van der Waals surface area contributed by atoms with Crippen LogP contribution in [-0.2, 0) is 17.9 Å². The highest BCUT2D eigenvalue weighted by molar-refractivity contribution is 5.42. The molecular formula is C23H33NO4. The second kappa shape index (κ2) is 11.7. The topological polar surface area (TPSA) is 51.2 Å². The van der Waals surface area contributed by atoms with Gasteiger partial charge in [0.05, 0.1) is 33.5 Å². The van der Waals surface area contributed by atoms with Gasteiger partial charge in [-0.05, 0) is 36.6 Å². The van der Waals surface area contributed by atoms with Crippen molar-refractivity contribution in [1.82, 2.24) is 4.90 Å². The Morgan fingerprint density at radius 2 is 1.68 bits per heavy atom. The molecule has 0 fully saturated rings. The van der Waals surface area contributed by atoms with E-state index in [1.165, 1.54) is 0 Å². The predicted octanol–water partition coefficient (Wildman–Crippen LogP) is 3.88. The van der Waals surface area contributed by atoms with Gasteiger partial charge >= 0.3 is 0 Å². The summed E-state index contributed by atoms with van der Waals surface area (Å²) in [6.45, 7) is 6.44. The number of methoxy groups -OCH3 is 2. The van der Waals surface area contributed by atoms with E-state index in [2.05, 4.69) is 18.7 Å². The van der Waals surface area contributed by atoms with Crippen molar-refractivity contribution in [1.29, 1.82) is 0 Å². The standard InChI is InChI=1S/C23H33NO4/c1-5-18(2)24(14-20-11-12-22(26-3)23(13-20)27-4)15-21(25)17-28-16-19-9-7-6-8-10-19/h6-13,18,21,25H,5,14-17H2,1-4H3/t18-,21+/m0/s1. The largest absolute Gasteiger partial charge is 0.493 e. The van der Waals surface area contributed by atoms with Crippen molar-refractivity contribution >= 4 is 0 Å². The number of benzene rings is 2. The monoisotopic (exact) mass is 387 g/mol. The van der Waals surface area contributed by atoms with Gasteiger partial charge in [0.15, 0.2) is 11.5 Å². The van der Waals surface area contributed by atoms with Gasteiger partial charge in [-0.1, -0.05) is 43.3 Å². The zero-order valence-electron chi connectivity index (χ0n) is 17.4. The quantitative estimate of drug-likeness (QED) is 0.599. The molecule has 2 atom stereocenters. The Morgan fingerprint density at radius 1 is 0.964 bits per heavy atom. The maximum atomic E-state index is 10.5. The van der Waals surface area contributed by atoms with Crippen molar-refractivity contribution in [3.8, 4) is 11.5 Å². The van der Waals surface area contributed by atoms with E-state index in [1.807, 2.05) is 48.5 Å². The highest BCUT2D eigenvalue weighted by Gasteiger charge is 2.18. The first-order valence-corrected chi connectivity index (χ1v) is 9.82. The first kappa shape index (κ1) is 22.2. The van der Waals surface area contributed by atoms with Crippen LogP contribution in [0.5, 0.6) is 11.5 Å². The highest BCUT2D eigenvalue weighted by atomic mass is 16.5. The molecule has 0 amide bonds. The zero-order valence-corrected chi connectivity index (χ0v) is 17.4. The number of aliphatic hydroxyl groups excluding tert-OH is 1. The third kappa shape index (κ3) is 6.82. The number of rotatable bonds is 12. The van der Waals surface area contributed by atoms with E-state index >= 15 is 0 Å². The number of aliphatic hydroxyl groups is 1. The van der Waals surface area contributed by atoms with E-state index in [4.69, 9.17) is 14.2 Å². The van der Waals surface area contributed by atoms with E-state index < -0.39 is 6.10 Å². The van der Waals surface area contributed by atoms with E-state index in [9.17, 15) is 5.11 Å². The first-order valence-electron chi connectivity index (χ1n) is 9.82. The smallest absolute Gasteiger partial charge is 0.161 e. The Morgan fingerprint density at radius 3 is 2.32 bits per heavy atom. The average Bonchev–Trinajstić information content (AvgIpc) is 2.73. The van der Waals surface area contributed by atoms with Crippen molar-refractivity contribution in [2.24, 2.45) is 0 Å². The lowest BCUT2D eigenvalue weighted by molar-refractivity contribution is 0.00144. The van der Waals surface area contributed by atoms with Gasteiger partial charge in [0.2, 0.25) is 0 Å². The molecule has 2 aromatic carbocycles. The Kier molecular flexibility index (Phi) is 9.28. The summed E-state index contributed by atoms with van der Waals surface area (Å²) in [5.74, 6) is 1.44. The molecule has 5 heteroatoms. The zero-order chi connectivity index (χ0) is 20.4. The first-order chi connectivity index (χ1) is 13.6. The summed E-state index contributed by atoms with van der Waals surface area (Å²) in [6.07, 6.45) is 0.461. The minimum absolute atomic E-state index is 0.313. The third-order valence-corrected chi connectivity index (χ3v) is 4.91. The molecule has 0 bridgehead atoms. The minimum atomic E-state index is -0.544. The van der Waals surface area contributed by atoms with Gasteiger partial charge in [-0.15, -0.1) is 0 Å². The maximum Gasteiger partial charge on any atom is 0.161 e. The predicted molar refractivity (Wildman–Crippen MR) is 112 cm³/mol. The normalized spacial score (nSPS) is 13.4. The van der Waals surface area contributed by atoms with Crippen LogP contribution in [0.25, 0.3) is 0 Å². The van der Waals surface area contributed by atoms with Crippen LogP contribution in [0.4, 0.5) is 0 Å². The van der Waals surface area contributed by atoms with Crippen molar-refractivity contribution in [2.45, 2.75) is 45.6 Å². The van der Waals surface area contributed by atoms with Crippen LogP contribution in [0.1, 0.15) is 31.4 Å². The summed E-state index contributed by atoms with van der Waals surface area (Å²) in [5, 5.41) is 10.5. The molecule has 1 N–H and O–H groups in total. The lowest BCUT2D eigenvalue weighted by Crippen LogP contribution is -2.39. The number of ether oxygens (including phenoxy) is 3. The SMILES string of the molecule is CC[C@H](C)N(Cc1ccc(OC)c(OC)c1)C[C@@H](O)COCc1ccccc1. The van der Waals surface area contributed by atoms with Crippen molar-refractivity contribution in [3.05, 3.63) is 59.7 Å². The van der Waals surface area contributed by atoms with Crippen LogP contribution in [0.3, 0.4) is 0 Å². The van der Waals surface area contributed by atoms with E-state index in [0.717, 1.165) is 35.6 Å². The summed E-state index contributed by atoms with van der Waals surface area (Å²) in [4.78, 5) is 2.28. The number of nitrogens with zero attached hydrogens (tertiary/aromatic N) is 1. The summed E-state index contributed by atoms with van der Waals surface area (Å²) in [7, 11) is 3.27. The molecule has 2 aromatic rings. The average molecular weight is 388 g/mol. The summed E-state index contributed by atoms with van der Waals surface area (Å²) in [5.41, 5.74) is 2.23. The Labute approximate surface area is 168 Å². The van der Waals surface area contributed by atoms with Crippen molar-refractivity contribution in [2.75, 3.05) is 27.4 Å². The Balaban J connectivity index is 1.93. The summed E-state index contributed by atoms with van der Waals surface area (Å²) < 4.78 is 16.4. The lowest BCUT2D eigenvalue weighted by atomic mass is 10.1. The lowest BCUT2D eigenvalue weighted by Gasteiger charge is -2.30. The van der Waals surface area contributed by atoms with Gasteiger partial charge < -0.3 is 19.3 Å². The van der Waals surface area contributed by atoms with Crippen LogP contribution >= 0.6 is 0 Å². The number of hydrogen-bond donors (Lipinski definition) is 1. The van der Waals surface area contributed by atoms with Gasteiger partial charge in [-0.25, -0.2) is 0 Å². The van der Waals surface area contributed by atoms with Gasteiger partial charge in [0.25, 0.3) is 0 Å². The molecule has 0 saturated heterocycles. The molecule has 5 nitrogen and oxygen atoms in total. The second-order valence-electron chi connectivity index (χ2n) is 7.03. The second-order valence-corrected chi connectivity index (χ2v) is 7.03. The summed E-state index contributed by atoms with van der Waals surface area (Å²) in [6, 6.07) is 16.3. The van der Waals surface area contributed by atoms with Gasteiger partial charge in [-0.3, -0.25) is 4.90 Å². The molecule has 28 heavy (non-hydrogen) atoms. The Bertz CT molecular complexity index is 692. The third-order valence-electron chi connectivity index (χ3n) is 4.91. The fourth-order valence-corrected chi connectivity index (χ4v) is 3.08. The van der Waals surface area contributed by atoms with Crippen LogP contribution in [0.2, 0.25) is 0 Å². The van der Waals surface area contributed by atoms with Crippen LogP contribution in [0, 0.1) is 0 Å². The molecule has 0 radical (unpaired) electrons. The molecule has 2 rings (SSSR count). The molecule has 0 aliphatic rings. The van der Waals surface area contributed by atoms with Gasteiger partial charge in [0.1, 0.15) is 0 Å². The molecular weight excluding hydrogens is 354 g/mol. The summed E-state index contributed by atoms with van der Waals surface area (Å²) >= 11 is 0. The highest BCUT2D eigenvalue weighted by Crippen LogP contribution is 2.28. The van der Waals surface area contributed by atoms with Gasteiger partial charge in [0, 0.05) is 19.1 Å². The van der Waals surface area contributed by atoms with Crippen LogP contribution in [-0.4, -0.2) is 49.5 Å². The molecule has 0 saturated carbocycles. The minimum Gasteiger partial charge on any atom is -0.493 e. The molecule has 154 valence electrons. The van der Waals surface area contributed by atoms with Crippen molar-refractivity contribution in [3.63, 3.8) is 0 Å². The van der Waals surface area contributed by atoms with Crippen molar-refractivity contribution < 1.29 is 19.3 Å². The Hall–Kier alpha value is -2.08. The molecule has 0 aliphatic heterocycles. The molecule has 0 aromatic heterocycles. The van der Waals surface area contributed by atoms with Crippen LogP contribution < -0.4 is 9.47 Å². The van der Waals surface area contributed by atoms with E-state index in [-0.39, 0.29) is 0 Å². The molecule has 0 spiro atoms. The molecule has 0 unspecified atom stereocenters. The van der Waals surface area contributed by atoms with Gasteiger partial charge in [-0.2, -0.15) is 0 Å². The fourth-order valence-electron chi connectivity index (χ4n) is 3.08. The fraction of sp³-hybridized carbons (Fsp3) is 0.478. The van der Waals surface area contributed by atoms with E-state index in [0.29, 0.717) is 25.8 Å². The van der Waals surface area contributed by atoms with E-state index in [1.54, 1.807) is 14.2 Å². The maximum absolute atomic E-state index is 10.5. The molecule has 0 aliphatic carbocycles.